The molecule has 0 spiro atoms. The molecular formula is C18H18N2OS. The molecule has 3 nitrogen and oxygen atoms in total. The Morgan fingerprint density at radius 1 is 1.14 bits per heavy atom. The monoisotopic (exact) mass is 310 g/mol. The number of aryl methyl sites for hydroxylation is 3. The van der Waals surface area contributed by atoms with Crippen molar-refractivity contribution in [3.05, 3.63) is 64.0 Å². The van der Waals surface area contributed by atoms with Crippen LogP contribution in [0, 0.1) is 13.8 Å². The van der Waals surface area contributed by atoms with E-state index in [0.29, 0.717) is 6.42 Å². The summed E-state index contributed by atoms with van der Waals surface area (Å²) in [7, 11) is 1.96. The number of carbonyl (C=O) groups excluding carboxylic acids is 1. The molecule has 0 aliphatic heterocycles. The van der Waals surface area contributed by atoms with Crippen LogP contribution in [-0.2, 0) is 18.3 Å². The van der Waals surface area contributed by atoms with Crippen molar-refractivity contribution in [3.63, 3.8) is 0 Å². The number of amides is 1. The van der Waals surface area contributed by atoms with E-state index in [1.54, 1.807) is 11.3 Å². The molecule has 0 aliphatic carbocycles. The molecule has 0 N–H and O–H groups in total. The second kappa shape index (κ2) is 5.89. The zero-order chi connectivity index (χ0) is 15.7. The minimum atomic E-state index is -0.108. The van der Waals surface area contributed by atoms with Gasteiger partial charge in [0.1, 0.15) is 0 Å². The number of thiazole rings is 1. The molecule has 0 bridgehead atoms. The molecule has 0 aliphatic rings. The highest BCUT2D eigenvalue weighted by molar-refractivity contribution is 7.16. The fourth-order valence-electron chi connectivity index (χ4n) is 2.53. The van der Waals surface area contributed by atoms with Crippen LogP contribution < -0.4 is 4.80 Å². The third-order valence-electron chi connectivity index (χ3n) is 3.72. The molecule has 3 rings (SSSR count). The molecule has 112 valence electrons. The van der Waals surface area contributed by atoms with Gasteiger partial charge < -0.3 is 4.57 Å². The van der Waals surface area contributed by atoms with E-state index in [4.69, 9.17) is 0 Å². The highest BCUT2D eigenvalue weighted by Gasteiger charge is 2.07. The lowest BCUT2D eigenvalue weighted by Gasteiger charge is -2.00. The van der Waals surface area contributed by atoms with E-state index in [1.807, 2.05) is 48.9 Å². The maximum Gasteiger partial charge on any atom is 0.252 e. The Bertz CT molecular complexity index is 901. The summed E-state index contributed by atoms with van der Waals surface area (Å²) in [4.78, 5) is 17.3. The topological polar surface area (TPSA) is 34.4 Å². The van der Waals surface area contributed by atoms with Crippen molar-refractivity contribution in [2.75, 3.05) is 0 Å². The number of para-hydroxylation sites is 1. The molecule has 0 atom stereocenters. The quantitative estimate of drug-likeness (QED) is 0.713. The average molecular weight is 310 g/mol. The highest BCUT2D eigenvalue weighted by Crippen LogP contribution is 2.19. The molecule has 1 amide bonds. The van der Waals surface area contributed by atoms with Crippen molar-refractivity contribution < 1.29 is 4.79 Å². The number of hydrogen-bond donors (Lipinski definition) is 0. The minimum absolute atomic E-state index is 0.108. The number of fused-ring (bicyclic) bond motifs is 1. The number of benzene rings is 2. The lowest BCUT2D eigenvalue weighted by Crippen LogP contribution is -2.14. The summed E-state index contributed by atoms with van der Waals surface area (Å²) in [6.45, 7) is 4.11. The summed E-state index contributed by atoms with van der Waals surface area (Å²) in [6.07, 6.45) is 0.341. The van der Waals surface area contributed by atoms with Crippen LogP contribution in [0.1, 0.15) is 16.7 Å². The van der Waals surface area contributed by atoms with Gasteiger partial charge in [0.15, 0.2) is 4.80 Å². The van der Waals surface area contributed by atoms with Crippen LogP contribution in [-0.4, -0.2) is 10.5 Å². The van der Waals surface area contributed by atoms with Crippen LogP contribution in [0.3, 0.4) is 0 Å². The SMILES string of the molecule is Cc1ccc(CC(=O)N=c2sc3cccc(C)c3n2C)cc1. The van der Waals surface area contributed by atoms with Gasteiger partial charge in [-0.3, -0.25) is 4.79 Å². The first-order valence-corrected chi connectivity index (χ1v) is 8.04. The van der Waals surface area contributed by atoms with E-state index in [9.17, 15) is 4.79 Å². The van der Waals surface area contributed by atoms with Crippen molar-refractivity contribution >= 4 is 27.5 Å². The third kappa shape index (κ3) is 2.88. The summed E-state index contributed by atoms with van der Waals surface area (Å²) >= 11 is 1.55. The lowest BCUT2D eigenvalue weighted by molar-refractivity contribution is -0.117. The largest absolute Gasteiger partial charge is 0.319 e. The molecule has 0 saturated heterocycles. The summed E-state index contributed by atoms with van der Waals surface area (Å²) in [5.41, 5.74) is 4.54. The molecule has 22 heavy (non-hydrogen) atoms. The minimum Gasteiger partial charge on any atom is -0.319 e. The number of rotatable bonds is 2. The Hall–Kier alpha value is -2.20. The molecule has 0 unspecified atom stereocenters. The van der Waals surface area contributed by atoms with Crippen LogP contribution in [0.5, 0.6) is 0 Å². The smallest absolute Gasteiger partial charge is 0.252 e. The number of aromatic nitrogens is 1. The van der Waals surface area contributed by atoms with Crippen molar-refractivity contribution in [2.45, 2.75) is 20.3 Å². The Balaban J connectivity index is 1.94. The first kappa shape index (κ1) is 14.7. The van der Waals surface area contributed by atoms with E-state index in [1.165, 1.54) is 11.1 Å². The lowest BCUT2D eigenvalue weighted by atomic mass is 10.1. The molecule has 0 saturated carbocycles. The van der Waals surface area contributed by atoms with Gasteiger partial charge in [-0.15, -0.1) is 0 Å². The predicted octanol–water partition coefficient (Wildman–Crippen LogP) is 3.53. The zero-order valence-corrected chi connectivity index (χ0v) is 13.8. The van der Waals surface area contributed by atoms with Gasteiger partial charge in [0.2, 0.25) is 0 Å². The molecule has 1 aromatic heterocycles. The molecule has 3 aromatic rings. The van der Waals surface area contributed by atoms with Crippen molar-refractivity contribution in [1.29, 1.82) is 0 Å². The summed E-state index contributed by atoms with van der Waals surface area (Å²) in [5, 5.41) is 0. The molecule has 0 fully saturated rings. The maximum absolute atomic E-state index is 12.2. The fraction of sp³-hybridized carbons (Fsp3) is 0.222. The second-order valence-corrected chi connectivity index (χ2v) is 6.54. The van der Waals surface area contributed by atoms with Gasteiger partial charge in [-0.1, -0.05) is 53.3 Å². The summed E-state index contributed by atoms with van der Waals surface area (Å²) in [6, 6.07) is 14.2. The number of carbonyl (C=O) groups is 1. The average Bonchev–Trinajstić information content (AvgIpc) is 2.79. The van der Waals surface area contributed by atoms with Gasteiger partial charge in [-0.2, -0.15) is 4.99 Å². The van der Waals surface area contributed by atoms with E-state index in [0.717, 1.165) is 20.6 Å². The van der Waals surface area contributed by atoms with Crippen molar-refractivity contribution in [2.24, 2.45) is 12.0 Å². The Kier molecular flexibility index (Phi) is 3.94. The first-order valence-electron chi connectivity index (χ1n) is 7.23. The van der Waals surface area contributed by atoms with E-state index in [2.05, 4.69) is 24.0 Å². The van der Waals surface area contributed by atoms with Gasteiger partial charge in [-0.25, -0.2) is 0 Å². The van der Waals surface area contributed by atoms with Crippen molar-refractivity contribution in [1.82, 2.24) is 4.57 Å². The fourth-order valence-corrected chi connectivity index (χ4v) is 3.64. The summed E-state index contributed by atoms with van der Waals surface area (Å²) in [5.74, 6) is -0.108. The predicted molar refractivity (Wildman–Crippen MR) is 91.0 cm³/mol. The number of nitrogens with zero attached hydrogens (tertiary/aromatic N) is 2. The first-order chi connectivity index (χ1) is 10.5. The zero-order valence-electron chi connectivity index (χ0n) is 13.0. The normalized spacial score (nSPS) is 12.0. The van der Waals surface area contributed by atoms with Crippen molar-refractivity contribution in [3.8, 4) is 0 Å². The van der Waals surface area contributed by atoms with E-state index >= 15 is 0 Å². The van der Waals surface area contributed by atoms with Crippen LogP contribution in [0.4, 0.5) is 0 Å². The number of hydrogen-bond acceptors (Lipinski definition) is 2. The second-order valence-electron chi connectivity index (χ2n) is 5.53. The van der Waals surface area contributed by atoms with Gasteiger partial charge >= 0.3 is 0 Å². The standard InChI is InChI=1S/C18H18N2OS/c1-12-7-9-14(10-8-12)11-16(21)19-18-20(3)17-13(2)5-4-6-15(17)22-18/h4-10H,11H2,1-3H3. The maximum atomic E-state index is 12.2. The van der Waals surface area contributed by atoms with Crippen LogP contribution >= 0.6 is 11.3 Å². The van der Waals surface area contributed by atoms with Crippen LogP contribution in [0.25, 0.3) is 10.2 Å². The summed E-state index contributed by atoms with van der Waals surface area (Å²) < 4.78 is 3.16. The Morgan fingerprint density at radius 3 is 2.55 bits per heavy atom. The van der Waals surface area contributed by atoms with Gasteiger partial charge in [-0.05, 0) is 31.0 Å². The van der Waals surface area contributed by atoms with Gasteiger partial charge in [0.05, 0.1) is 16.6 Å². The molecular weight excluding hydrogens is 292 g/mol. The Labute approximate surface area is 133 Å². The Morgan fingerprint density at radius 2 is 1.86 bits per heavy atom. The molecule has 1 heterocycles. The van der Waals surface area contributed by atoms with Gasteiger partial charge in [0, 0.05) is 7.05 Å². The molecule has 4 heteroatoms. The third-order valence-corrected chi connectivity index (χ3v) is 4.82. The van der Waals surface area contributed by atoms with Gasteiger partial charge in [0.25, 0.3) is 5.91 Å². The van der Waals surface area contributed by atoms with E-state index < -0.39 is 0 Å². The molecule has 2 aromatic carbocycles. The van der Waals surface area contributed by atoms with Crippen LogP contribution in [0.2, 0.25) is 0 Å². The molecule has 0 radical (unpaired) electrons. The highest BCUT2D eigenvalue weighted by atomic mass is 32.1. The van der Waals surface area contributed by atoms with E-state index in [-0.39, 0.29) is 5.91 Å². The van der Waals surface area contributed by atoms with Crippen LogP contribution in [0.15, 0.2) is 47.5 Å².